The summed E-state index contributed by atoms with van der Waals surface area (Å²) in [5.74, 6) is -0.273. The molecule has 7 heteroatoms. The lowest BCUT2D eigenvalue weighted by Crippen LogP contribution is -2.43. The number of carbonyl (C=O) groups excluding carboxylic acids is 1. The van der Waals surface area contributed by atoms with Crippen LogP contribution in [0.4, 0.5) is 0 Å². The van der Waals surface area contributed by atoms with Gasteiger partial charge < -0.3 is 15.4 Å². The van der Waals surface area contributed by atoms with Crippen molar-refractivity contribution in [2.24, 2.45) is 5.73 Å². The van der Waals surface area contributed by atoms with Gasteiger partial charge in [0.15, 0.2) is 0 Å². The van der Waals surface area contributed by atoms with Crippen molar-refractivity contribution in [2.45, 2.75) is 18.9 Å². The Labute approximate surface area is 103 Å². The molecule has 0 aromatic heterocycles. The van der Waals surface area contributed by atoms with Gasteiger partial charge in [0, 0.05) is 33.6 Å². The van der Waals surface area contributed by atoms with Gasteiger partial charge in [-0.05, 0) is 12.8 Å². The topological polar surface area (TPSA) is 89.7 Å². The molecule has 0 aliphatic rings. The SMILES string of the molecule is COCCCC(N)C(=O)N(C)CCS(C)(=O)=O. The molecule has 6 nitrogen and oxygen atoms in total. The van der Waals surface area contributed by atoms with Crippen molar-refractivity contribution in [3.05, 3.63) is 0 Å². The van der Waals surface area contributed by atoms with Gasteiger partial charge >= 0.3 is 0 Å². The first kappa shape index (κ1) is 16.3. The van der Waals surface area contributed by atoms with E-state index >= 15 is 0 Å². The fourth-order valence-electron chi connectivity index (χ4n) is 1.27. The zero-order chi connectivity index (χ0) is 13.5. The smallest absolute Gasteiger partial charge is 0.239 e. The van der Waals surface area contributed by atoms with Gasteiger partial charge in [-0.3, -0.25) is 4.79 Å². The minimum Gasteiger partial charge on any atom is -0.385 e. The molecule has 0 spiro atoms. The Balaban J connectivity index is 4.03. The number of amides is 1. The molecule has 0 aliphatic heterocycles. The number of hydrogen-bond acceptors (Lipinski definition) is 5. The van der Waals surface area contributed by atoms with Crippen molar-refractivity contribution in [1.29, 1.82) is 0 Å². The molecule has 0 aliphatic carbocycles. The van der Waals surface area contributed by atoms with E-state index < -0.39 is 15.9 Å². The maximum absolute atomic E-state index is 11.7. The van der Waals surface area contributed by atoms with Gasteiger partial charge in [0.2, 0.25) is 5.91 Å². The van der Waals surface area contributed by atoms with Crippen LogP contribution in [0.2, 0.25) is 0 Å². The lowest BCUT2D eigenvalue weighted by Gasteiger charge is -2.20. The zero-order valence-corrected chi connectivity index (χ0v) is 11.5. The van der Waals surface area contributed by atoms with Crippen LogP contribution in [0.15, 0.2) is 0 Å². The highest BCUT2D eigenvalue weighted by molar-refractivity contribution is 7.90. The van der Waals surface area contributed by atoms with E-state index in [1.165, 1.54) is 4.90 Å². The zero-order valence-electron chi connectivity index (χ0n) is 10.7. The summed E-state index contributed by atoms with van der Waals surface area (Å²) >= 11 is 0. The lowest BCUT2D eigenvalue weighted by molar-refractivity contribution is -0.131. The molecule has 0 radical (unpaired) electrons. The van der Waals surface area contributed by atoms with E-state index in [1.54, 1.807) is 14.2 Å². The predicted octanol–water partition coefficient (Wildman–Crippen LogP) is -0.757. The van der Waals surface area contributed by atoms with E-state index in [2.05, 4.69) is 0 Å². The Morgan fingerprint density at radius 2 is 2.06 bits per heavy atom. The number of hydrogen-bond donors (Lipinski definition) is 1. The van der Waals surface area contributed by atoms with Crippen LogP contribution in [0, 0.1) is 0 Å². The first-order valence-electron chi connectivity index (χ1n) is 5.45. The average Bonchev–Trinajstić information content (AvgIpc) is 2.24. The van der Waals surface area contributed by atoms with Gasteiger partial charge in [0.05, 0.1) is 11.8 Å². The summed E-state index contributed by atoms with van der Waals surface area (Å²) in [6.45, 7) is 0.740. The second kappa shape index (κ2) is 7.62. The molecule has 2 N–H and O–H groups in total. The summed E-state index contributed by atoms with van der Waals surface area (Å²) in [5.41, 5.74) is 5.70. The predicted molar refractivity (Wildman–Crippen MR) is 66.4 cm³/mol. The van der Waals surface area contributed by atoms with Gasteiger partial charge in [-0.15, -0.1) is 0 Å². The van der Waals surface area contributed by atoms with E-state index in [1.807, 2.05) is 0 Å². The maximum Gasteiger partial charge on any atom is 0.239 e. The quantitative estimate of drug-likeness (QED) is 0.583. The molecule has 1 amide bonds. The molecule has 0 fully saturated rings. The monoisotopic (exact) mass is 266 g/mol. The van der Waals surface area contributed by atoms with E-state index in [0.29, 0.717) is 19.4 Å². The lowest BCUT2D eigenvalue weighted by atomic mass is 10.1. The highest BCUT2D eigenvalue weighted by Crippen LogP contribution is 2.00. The number of carbonyl (C=O) groups is 1. The average molecular weight is 266 g/mol. The summed E-state index contributed by atoms with van der Waals surface area (Å²) in [4.78, 5) is 13.1. The molecule has 0 heterocycles. The first-order valence-corrected chi connectivity index (χ1v) is 7.51. The van der Waals surface area contributed by atoms with Gasteiger partial charge in [-0.2, -0.15) is 0 Å². The number of rotatable bonds is 8. The van der Waals surface area contributed by atoms with Crippen LogP contribution < -0.4 is 5.73 Å². The van der Waals surface area contributed by atoms with Gasteiger partial charge in [-0.25, -0.2) is 8.42 Å². The van der Waals surface area contributed by atoms with Gasteiger partial charge in [0.25, 0.3) is 0 Å². The van der Waals surface area contributed by atoms with E-state index in [9.17, 15) is 13.2 Å². The number of nitrogens with zero attached hydrogens (tertiary/aromatic N) is 1. The van der Waals surface area contributed by atoms with Crippen LogP contribution in [0.5, 0.6) is 0 Å². The summed E-state index contributed by atoms with van der Waals surface area (Å²) in [5, 5.41) is 0. The van der Waals surface area contributed by atoms with Gasteiger partial charge in [0.1, 0.15) is 9.84 Å². The minimum absolute atomic E-state index is 0.0416. The number of likely N-dealkylation sites (N-methyl/N-ethyl adjacent to an activating group) is 1. The Bertz CT molecular complexity index is 329. The van der Waals surface area contributed by atoms with Crippen LogP contribution in [-0.4, -0.2) is 64.6 Å². The molecule has 0 bridgehead atoms. The van der Waals surface area contributed by atoms with Crippen molar-refractivity contribution >= 4 is 15.7 Å². The summed E-state index contributed by atoms with van der Waals surface area (Å²) in [7, 11) is 0.0941. The molecule has 1 atom stereocenters. The second-order valence-electron chi connectivity index (χ2n) is 4.13. The molecule has 0 aromatic carbocycles. The van der Waals surface area contributed by atoms with E-state index in [4.69, 9.17) is 10.5 Å². The second-order valence-corrected chi connectivity index (χ2v) is 6.39. The third-order valence-electron chi connectivity index (χ3n) is 2.35. The third kappa shape index (κ3) is 8.12. The van der Waals surface area contributed by atoms with Crippen LogP contribution >= 0.6 is 0 Å². The molecular formula is C10H22N2O4S. The molecular weight excluding hydrogens is 244 g/mol. The number of sulfone groups is 1. The van der Waals surface area contributed by atoms with Crippen molar-refractivity contribution in [3.8, 4) is 0 Å². The van der Waals surface area contributed by atoms with E-state index in [-0.39, 0.29) is 18.2 Å². The molecule has 0 rings (SSSR count). The fourth-order valence-corrected chi connectivity index (χ4v) is 1.87. The minimum atomic E-state index is -3.05. The summed E-state index contributed by atoms with van der Waals surface area (Å²) in [6.07, 6.45) is 2.39. The standard InChI is InChI=1S/C10H22N2O4S/c1-12(6-8-17(3,14)15)10(13)9(11)5-4-7-16-2/h9H,4-8,11H2,1-3H3. The highest BCUT2D eigenvalue weighted by atomic mass is 32.2. The number of nitrogens with two attached hydrogens (primary N) is 1. The highest BCUT2D eigenvalue weighted by Gasteiger charge is 2.18. The van der Waals surface area contributed by atoms with Crippen LogP contribution in [-0.2, 0) is 19.4 Å². The summed E-state index contributed by atoms with van der Waals surface area (Å²) < 4.78 is 26.8. The molecule has 0 saturated heterocycles. The third-order valence-corrected chi connectivity index (χ3v) is 3.28. The Hall–Kier alpha value is -0.660. The largest absolute Gasteiger partial charge is 0.385 e. The van der Waals surface area contributed by atoms with Crippen molar-refractivity contribution in [1.82, 2.24) is 4.90 Å². The Morgan fingerprint density at radius 3 is 2.53 bits per heavy atom. The van der Waals surface area contributed by atoms with Crippen molar-refractivity contribution in [2.75, 3.05) is 39.3 Å². The van der Waals surface area contributed by atoms with Crippen LogP contribution in [0.1, 0.15) is 12.8 Å². The van der Waals surface area contributed by atoms with Crippen LogP contribution in [0.25, 0.3) is 0 Å². The summed E-state index contributed by atoms with van der Waals surface area (Å²) in [6, 6.07) is -0.588. The molecule has 0 aromatic rings. The van der Waals surface area contributed by atoms with E-state index in [0.717, 1.165) is 6.26 Å². The molecule has 0 saturated carbocycles. The van der Waals surface area contributed by atoms with Crippen molar-refractivity contribution < 1.29 is 17.9 Å². The van der Waals surface area contributed by atoms with Crippen molar-refractivity contribution in [3.63, 3.8) is 0 Å². The Kier molecular flexibility index (Phi) is 7.33. The van der Waals surface area contributed by atoms with Crippen LogP contribution in [0.3, 0.4) is 0 Å². The maximum atomic E-state index is 11.7. The normalized spacial score (nSPS) is 13.4. The Morgan fingerprint density at radius 1 is 1.47 bits per heavy atom. The number of ether oxygens (including phenoxy) is 1. The first-order chi connectivity index (χ1) is 7.78. The van der Waals surface area contributed by atoms with Gasteiger partial charge in [-0.1, -0.05) is 0 Å². The molecule has 1 unspecified atom stereocenters. The fraction of sp³-hybridized carbons (Fsp3) is 0.900. The number of methoxy groups -OCH3 is 1. The molecule has 17 heavy (non-hydrogen) atoms. The molecule has 102 valence electrons.